The Kier molecular flexibility index (Phi) is 3.82. The highest BCUT2D eigenvalue weighted by Gasteiger charge is 2.22. The van der Waals surface area contributed by atoms with Gasteiger partial charge < -0.3 is 0 Å². The smallest absolute Gasteiger partial charge is 0.0704 e. The Balaban J connectivity index is 2.61. The van der Waals surface area contributed by atoms with Crippen LogP contribution in [-0.4, -0.2) is 9.81 Å². The van der Waals surface area contributed by atoms with Gasteiger partial charge in [-0.25, -0.2) is 0 Å². The van der Waals surface area contributed by atoms with Crippen molar-refractivity contribution in [3.05, 3.63) is 42.1 Å². The van der Waals surface area contributed by atoms with Gasteiger partial charge in [-0.05, 0) is 29.5 Å². The third kappa shape index (κ3) is 2.52. The van der Waals surface area contributed by atoms with Crippen LogP contribution in [0.15, 0.2) is 36.5 Å². The number of alkyl halides is 1. The molecule has 2 unspecified atom stereocenters. The fourth-order valence-electron chi connectivity index (χ4n) is 2.55. The molecule has 2 aromatic rings. The zero-order chi connectivity index (χ0) is 12.4. The average Bonchev–Trinajstić information content (AvgIpc) is 2.28. The summed E-state index contributed by atoms with van der Waals surface area (Å²) in [5.74, 6) is 1.12. The molecule has 1 aromatic heterocycles. The molecule has 1 nitrogen and oxygen atoms in total. The van der Waals surface area contributed by atoms with E-state index in [1.54, 1.807) is 0 Å². The maximum atomic E-state index is 4.43. The van der Waals surface area contributed by atoms with Crippen LogP contribution in [0.2, 0.25) is 0 Å². The molecular formula is C15H18BrN. The van der Waals surface area contributed by atoms with Crippen molar-refractivity contribution in [3.63, 3.8) is 0 Å². The fourth-order valence-corrected chi connectivity index (χ4v) is 3.44. The Morgan fingerprint density at radius 1 is 1.06 bits per heavy atom. The first-order valence-corrected chi connectivity index (χ1v) is 7.00. The quantitative estimate of drug-likeness (QED) is 0.743. The molecule has 0 aliphatic heterocycles. The minimum absolute atomic E-state index is 0.466. The van der Waals surface area contributed by atoms with Crippen LogP contribution in [0.1, 0.15) is 32.3 Å². The lowest BCUT2D eigenvalue weighted by Crippen LogP contribution is -2.16. The molecule has 0 aliphatic carbocycles. The molecule has 0 fully saturated rings. The number of aromatic nitrogens is 1. The third-order valence-corrected chi connectivity index (χ3v) is 3.82. The molecular weight excluding hydrogens is 274 g/mol. The summed E-state index contributed by atoms with van der Waals surface area (Å²) in [7, 11) is 0. The second-order valence-electron chi connectivity index (χ2n) is 4.86. The van der Waals surface area contributed by atoms with Gasteiger partial charge in [0, 0.05) is 16.4 Å². The largest absolute Gasteiger partial charge is 0.256 e. The number of para-hydroxylation sites is 1. The Bertz CT molecular complexity index is 492. The predicted octanol–water partition coefficient (Wildman–Crippen LogP) is 4.76. The SMILES string of the molecule is CC(C)C(c1ccnc2ccccc12)C(C)Br. The Hall–Kier alpha value is -0.890. The second-order valence-corrected chi connectivity index (χ2v) is 6.31. The Morgan fingerprint density at radius 3 is 2.41 bits per heavy atom. The number of benzene rings is 1. The topological polar surface area (TPSA) is 12.9 Å². The summed E-state index contributed by atoms with van der Waals surface area (Å²) < 4.78 is 0. The van der Waals surface area contributed by atoms with Crippen LogP contribution in [0.5, 0.6) is 0 Å². The van der Waals surface area contributed by atoms with Gasteiger partial charge in [-0.15, -0.1) is 0 Å². The van der Waals surface area contributed by atoms with Crippen molar-refractivity contribution < 1.29 is 0 Å². The van der Waals surface area contributed by atoms with Crippen molar-refractivity contribution in [1.82, 2.24) is 4.98 Å². The average molecular weight is 292 g/mol. The van der Waals surface area contributed by atoms with E-state index in [2.05, 4.69) is 66.0 Å². The first kappa shape index (κ1) is 12.6. The lowest BCUT2D eigenvalue weighted by Gasteiger charge is -2.25. The number of pyridine rings is 1. The van der Waals surface area contributed by atoms with Gasteiger partial charge in [-0.1, -0.05) is 54.9 Å². The number of halogens is 1. The van der Waals surface area contributed by atoms with E-state index in [0.717, 1.165) is 5.52 Å². The van der Waals surface area contributed by atoms with E-state index in [4.69, 9.17) is 0 Å². The fraction of sp³-hybridized carbons (Fsp3) is 0.400. The Labute approximate surface area is 111 Å². The van der Waals surface area contributed by atoms with Crippen LogP contribution in [0.4, 0.5) is 0 Å². The lowest BCUT2D eigenvalue weighted by molar-refractivity contribution is 0.501. The maximum Gasteiger partial charge on any atom is 0.0704 e. The van der Waals surface area contributed by atoms with Gasteiger partial charge in [-0.3, -0.25) is 4.98 Å². The van der Waals surface area contributed by atoms with Crippen molar-refractivity contribution >= 4 is 26.8 Å². The first-order valence-electron chi connectivity index (χ1n) is 6.09. The standard InChI is InChI=1S/C15H18BrN/c1-10(2)15(11(3)16)13-8-9-17-14-7-5-4-6-12(13)14/h4-11,15H,1-3H3. The van der Waals surface area contributed by atoms with E-state index in [-0.39, 0.29) is 0 Å². The van der Waals surface area contributed by atoms with Crippen molar-refractivity contribution in [2.45, 2.75) is 31.5 Å². The number of hydrogen-bond donors (Lipinski definition) is 0. The molecule has 17 heavy (non-hydrogen) atoms. The van der Waals surface area contributed by atoms with Gasteiger partial charge in [-0.2, -0.15) is 0 Å². The van der Waals surface area contributed by atoms with Crippen LogP contribution < -0.4 is 0 Å². The van der Waals surface area contributed by atoms with Gasteiger partial charge in [0.2, 0.25) is 0 Å². The maximum absolute atomic E-state index is 4.43. The molecule has 0 saturated carbocycles. The van der Waals surface area contributed by atoms with E-state index in [0.29, 0.717) is 16.7 Å². The summed E-state index contributed by atoms with van der Waals surface area (Å²) in [5.41, 5.74) is 2.48. The highest BCUT2D eigenvalue weighted by molar-refractivity contribution is 9.09. The highest BCUT2D eigenvalue weighted by atomic mass is 79.9. The second kappa shape index (κ2) is 5.18. The monoisotopic (exact) mass is 291 g/mol. The molecule has 0 aliphatic rings. The van der Waals surface area contributed by atoms with Gasteiger partial charge in [0.15, 0.2) is 0 Å². The molecule has 1 heterocycles. The van der Waals surface area contributed by atoms with E-state index < -0.39 is 0 Å². The van der Waals surface area contributed by atoms with Gasteiger partial charge >= 0.3 is 0 Å². The molecule has 0 radical (unpaired) electrons. The number of fused-ring (bicyclic) bond motifs is 1. The molecule has 0 amide bonds. The first-order chi connectivity index (χ1) is 8.11. The van der Waals surface area contributed by atoms with Crippen LogP contribution in [-0.2, 0) is 0 Å². The lowest BCUT2D eigenvalue weighted by atomic mass is 9.84. The minimum atomic E-state index is 0.466. The number of hydrogen-bond acceptors (Lipinski definition) is 1. The summed E-state index contributed by atoms with van der Waals surface area (Å²) in [6.07, 6.45) is 1.92. The Morgan fingerprint density at radius 2 is 1.76 bits per heavy atom. The molecule has 0 N–H and O–H groups in total. The zero-order valence-corrected chi connectivity index (χ0v) is 12.1. The summed E-state index contributed by atoms with van der Waals surface area (Å²) >= 11 is 3.74. The van der Waals surface area contributed by atoms with Crippen LogP contribution >= 0.6 is 15.9 Å². The molecule has 2 rings (SSSR count). The van der Waals surface area contributed by atoms with Crippen LogP contribution in [0, 0.1) is 5.92 Å². The van der Waals surface area contributed by atoms with Crippen molar-refractivity contribution in [2.24, 2.45) is 5.92 Å². The van der Waals surface area contributed by atoms with Gasteiger partial charge in [0.25, 0.3) is 0 Å². The summed E-state index contributed by atoms with van der Waals surface area (Å²) in [6, 6.07) is 10.5. The zero-order valence-electron chi connectivity index (χ0n) is 10.5. The molecule has 2 atom stereocenters. The van der Waals surface area contributed by atoms with Crippen LogP contribution in [0.25, 0.3) is 10.9 Å². The van der Waals surface area contributed by atoms with Gasteiger partial charge in [0.05, 0.1) is 5.52 Å². The molecule has 90 valence electrons. The van der Waals surface area contributed by atoms with E-state index in [1.165, 1.54) is 10.9 Å². The van der Waals surface area contributed by atoms with Crippen molar-refractivity contribution in [2.75, 3.05) is 0 Å². The van der Waals surface area contributed by atoms with E-state index >= 15 is 0 Å². The van der Waals surface area contributed by atoms with Crippen molar-refractivity contribution in [3.8, 4) is 0 Å². The molecule has 1 aromatic carbocycles. The highest BCUT2D eigenvalue weighted by Crippen LogP contribution is 2.35. The summed E-state index contributed by atoms with van der Waals surface area (Å²) in [6.45, 7) is 6.77. The summed E-state index contributed by atoms with van der Waals surface area (Å²) in [4.78, 5) is 4.89. The molecule has 0 bridgehead atoms. The van der Waals surface area contributed by atoms with E-state index in [9.17, 15) is 0 Å². The molecule has 2 heteroatoms. The number of rotatable bonds is 3. The van der Waals surface area contributed by atoms with E-state index in [1.807, 2.05) is 12.3 Å². The number of nitrogens with zero attached hydrogens (tertiary/aromatic N) is 1. The molecule has 0 saturated heterocycles. The minimum Gasteiger partial charge on any atom is -0.256 e. The normalized spacial score (nSPS) is 15.1. The van der Waals surface area contributed by atoms with Crippen LogP contribution in [0.3, 0.4) is 0 Å². The van der Waals surface area contributed by atoms with Gasteiger partial charge in [0.1, 0.15) is 0 Å². The third-order valence-electron chi connectivity index (χ3n) is 3.25. The predicted molar refractivity (Wildman–Crippen MR) is 77.7 cm³/mol. The van der Waals surface area contributed by atoms with Crippen molar-refractivity contribution in [1.29, 1.82) is 0 Å². The summed E-state index contributed by atoms with van der Waals surface area (Å²) in [5, 5.41) is 1.28. The molecule has 0 spiro atoms.